The van der Waals surface area contributed by atoms with Crippen molar-refractivity contribution in [2.24, 2.45) is 0 Å². The minimum atomic E-state index is -1.27. The van der Waals surface area contributed by atoms with Crippen LogP contribution >= 0.6 is 0 Å². The lowest BCUT2D eigenvalue weighted by Crippen LogP contribution is -2.09. The van der Waals surface area contributed by atoms with Crippen molar-refractivity contribution >= 4 is 33.5 Å². The number of aromatic nitrogens is 1. The molecule has 3 aromatic rings. The lowest BCUT2D eigenvalue weighted by Gasteiger charge is -2.13. The van der Waals surface area contributed by atoms with Gasteiger partial charge in [0.05, 0.1) is 10.9 Å². The molecule has 0 unspecified atom stereocenters. The molecular formula is C15H12N2O4. The molecule has 2 aromatic heterocycles. The lowest BCUT2D eigenvalue weighted by atomic mass is 10.1. The van der Waals surface area contributed by atoms with Crippen molar-refractivity contribution in [3.63, 3.8) is 0 Å². The number of benzene rings is 1. The molecule has 0 aliphatic carbocycles. The number of anilines is 1. The fourth-order valence-electron chi connectivity index (χ4n) is 2.16. The molecule has 1 N–H and O–H groups in total. The summed E-state index contributed by atoms with van der Waals surface area (Å²) in [6.07, 6.45) is 1.41. The van der Waals surface area contributed by atoms with E-state index in [1.54, 1.807) is 6.07 Å². The highest BCUT2D eigenvalue weighted by molar-refractivity contribution is 6.03. The van der Waals surface area contributed by atoms with Gasteiger partial charge in [0.25, 0.3) is 0 Å². The number of nitrogens with zero attached hydrogens (tertiary/aromatic N) is 2. The number of hydrogen-bond acceptors (Lipinski definition) is 5. The zero-order valence-electron chi connectivity index (χ0n) is 11.5. The summed E-state index contributed by atoms with van der Waals surface area (Å²) in [4.78, 5) is 29.2. The zero-order chi connectivity index (χ0) is 15.1. The molecule has 6 nitrogen and oxygen atoms in total. The molecule has 0 saturated heterocycles. The monoisotopic (exact) mass is 284 g/mol. The fourth-order valence-corrected chi connectivity index (χ4v) is 2.16. The van der Waals surface area contributed by atoms with Gasteiger partial charge in [-0.25, -0.2) is 4.79 Å². The molecule has 0 amide bonds. The van der Waals surface area contributed by atoms with Gasteiger partial charge in [0, 0.05) is 37.4 Å². The number of aromatic carboxylic acids is 1. The second-order valence-corrected chi connectivity index (χ2v) is 4.88. The Balaban J connectivity index is 2.41. The van der Waals surface area contributed by atoms with E-state index < -0.39 is 11.4 Å². The van der Waals surface area contributed by atoms with Crippen LogP contribution in [0.5, 0.6) is 0 Å². The normalized spacial score (nSPS) is 11.0. The first-order chi connectivity index (χ1) is 9.97. The van der Waals surface area contributed by atoms with Crippen LogP contribution < -0.4 is 10.3 Å². The molecule has 0 atom stereocenters. The predicted molar refractivity (Wildman–Crippen MR) is 79.1 cm³/mol. The van der Waals surface area contributed by atoms with E-state index in [4.69, 9.17) is 9.52 Å². The summed E-state index contributed by atoms with van der Waals surface area (Å²) in [6, 6.07) is 6.44. The number of fused-ring (bicyclic) bond motifs is 3. The van der Waals surface area contributed by atoms with Crippen molar-refractivity contribution in [3.8, 4) is 0 Å². The van der Waals surface area contributed by atoms with Crippen molar-refractivity contribution in [1.29, 1.82) is 0 Å². The average molecular weight is 284 g/mol. The maximum absolute atomic E-state index is 12.0. The Kier molecular flexibility index (Phi) is 2.86. The highest BCUT2D eigenvalue weighted by Crippen LogP contribution is 2.25. The predicted octanol–water partition coefficient (Wildman–Crippen LogP) is 2.11. The van der Waals surface area contributed by atoms with Gasteiger partial charge in [0.1, 0.15) is 5.58 Å². The van der Waals surface area contributed by atoms with Crippen LogP contribution in [0.3, 0.4) is 0 Å². The Morgan fingerprint density at radius 1 is 1.24 bits per heavy atom. The minimum Gasteiger partial charge on any atom is -0.475 e. The van der Waals surface area contributed by atoms with E-state index in [1.807, 2.05) is 31.1 Å². The van der Waals surface area contributed by atoms with Crippen LogP contribution in [0.4, 0.5) is 5.69 Å². The molecule has 21 heavy (non-hydrogen) atoms. The topological polar surface area (TPSA) is 83.6 Å². The first kappa shape index (κ1) is 13.1. The van der Waals surface area contributed by atoms with E-state index in [0.29, 0.717) is 10.9 Å². The fraction of sp³-hybridized carbons (Fsp3) is 0.133. The van der Waals surface area contributed by atoms with Gasteiger partial charge in [-0.2, -0.15) is 0 Å². The smallest absolute Gasteiger partial charge is 0.371 e. The molecule has 1 aromatic carbocycles. The van der Waals surface area contributed by atoms with E-state index in [1.165, 1.54) is 6.20 Å². The summed E-state index contributed by atoms with van der Waals surface area (Å²) in [5, 5.41) is 9.88. The van der Waals surface area contributed by atoms with Crippen LogP contribution in [0.25, 0.3) is 21.9 Å². The maximum Gasteiger partial charge on any atom is 0.371 e. The van der Waals surface area contributed by atoms with E-state index >= 15 is 0 Å². The average Bonchev–Trinajstić information content (AvgIpc) is 2.46. The summed E-state index contributed by atoms with van der Waals surface area (Å²) >= 11 is 0. The first-order valence-corrected chi connectivity index (χ1v) is 6.24. The number of hydrogen-bond donors (Lipinski definition) is 1. The van der Waals surface area contributed by atoms with Crippen LogP contribution in [-0.4, -0.2) is 30.2 Å². The Hall–Kier alpha value is -2.89. The molecule has 0 aliphatic rings. The number of carboxylic acid groups (broad SMARTS) is 1. The summed E-state index contributed by atoms with van der Waals surface area (Å²) in [5.74, 6) is -1.65. The summed E-state index contributed by atoms with van der Waals surface area (Å²) in [6.45, 7) is 0. The largest absolute Gasteiger partial charge is 0.475 e. The van der Waals surface area contributed by atoms with Gasteiger partial charge in [-0.3, -0.25) is 9.78 Å². The van der Waals surface area contributed by atoms with E-state index in [2.05, 4.69) is 4.98 Å². The third-order valence-corrected chi connectivity index (χ3v) is 3.27. The number of carbonyl (C=O) groups is 1. The molecule has 2 heterocycles. The van der Waals surface area contributed by atoms with Crippen LogP contribution in [0.15, 0.2) is 39.7 Å². The first-order valence-electron chi connectivity index (χ1n) is 6.24. The Morgan fingerprint density at radius 2 is 2.00 bits per heavy atom. The summed E-state index contributed by atoms with van der Waals surface area (Å²) in [7, 11) is 3.82. The second kappa shape index (κ2) is 4.59. The van der Waals surface area contributed by atoms with E-state index in [-0.39, 0.29) is 16.7 Å². The molecule has 0 spiro atoms. The van der Waals surface area contributed by atoms with Gasteiger partial charge < -0.3 is 14.4 Å². The molecule has 0 bridgehead atoms. The van der Waals surface area contributed by atoms with Crippen LogP contribution in [0.1, 0.15) is 10.6 Å². The van der Waals surface area contributed by atoms with Crippen molar-refractivity contribution < 1.29 is 14.3 Å². The number of rotatable bonds is 2. The highest BCUT2D eigenvalue weighted by Gasteiger charge is 2.13. The molecule has 3 rings (SSSR count). The quantitative estimate of drug-likeness (QED) is 0.725. The van der Waals surface area contributed by atoms with Gasteiger partial charge in [-0.1, -0.05) is 0 Å². The number of carboxylic acids is 1. The summed E-state index contributed by atoms with van der Waals surface area (Å²) < 4.78 is 5.36. The number of pyridine rings is 1. The van der Waals surface area contributed by atoms with Gasteiger partial charge in [-0.05, 0) is 18.2 Å². The van der Waals surface area contributed by atoms with Gasteiger partial charge in [0.15, 0.2) is 5.43 Å². The van der Waals surface area contributed by atoms with Crippen LogP contribution in [0.2, 0.25) is 0 Å². The standard InChI is InChI=1S/C15H12N2O4/c1-17(2)8-3-4-9-11(5-8)16-7-10-12(18)6-13(15(19)20)21-14(9)10/h3-7H,1-2H3,(H,19,20). The van der Waals surface area contributed by atoms with Crippen LogP contribution in [0, 0.1) is 0 Å². The van der Waals surface area contributed by atoms with Gasteiger partial charge in [0.2, 0.25) is 5.76 Å². The van der Waals surface area contributed by atoms with Crippen molar-refractivity contribution in [2.75, 3.05) is 19.0 Å². The Morgan fingerprint density at radius 3 is 2.67 bits per heavy atom. The SMILES string of the molecule is CN(C)c1ccc2c(c1)ncc1c(=O)cc(C(=O)O)oc12. The lowest BCUT2D eigenvalue weighted by molar-refractivity contribution is 0.0663. The molecule has 106 valence electrons. The van der Waals surface area contributed by atoms with Crippen molar-refractivity contribution in [3.05, 3.63) is 46.4 Å². The minimum absolute atomic E-state index is 0.246. The zero-order valence-corrected chi connectivity index (χ0v) is 11.5. The van der Waals surface area contributed by atoms with Crippen LogP contribution in [-0.2, 0) is 0 Å². The van der Waals surface area contributed by atoms with Gasteiger partial charge >= 0.3 is 5.97 Å². The highest BCUT2D eigenvalue weighted by atomic mass is 16.4. The Labute approximate surface area is 119 Å². The molecule has 6 heteroatoms. The Bertz CT molecular complexity index is 928. The summed E-state index contributed by atoms with van der Waals surface area (Å²) in [5.41, 5.74) is 1.42. The molecular weight excluding hydrogens is 272 g/mol. The third-order valence-electron chi connectivity index (χ3n) is 3.27. The second-order valence-electron chi connectivity index (χ2n) is 4.88. The van der Waals surface area contributed by atoms with Crippen molar-refractivity contribution in [1.82, 2.24) is 4.98 Å². The molecule has 0 saturated carbocycles. The van der Waals surface area contributed by atoms with Crippen molar-refractivity contribution in [2.45, 2.75) is 0 Å². The van der Waals surface area contributed by atoms with E-state index in [0.717, 1.165) is 11.8 Å². The maximum atomic E-state index is 12.0. The molecule has 0 aliphatic heterocycles. The molecule has 0 fully saturated rings. The molecule has 0 radical (unpaired) electrons. The van der Waals surface area contributed by atoms with Gasteiger partial charge in [-0.15, -0.1) is 0 Å². The van der Waals surface area contributed by atoms with E-state index in [9.17, 15) is 9.59 Å². The third kappa shape index (κ3) is 2.10.